The molecule has 0 saturated carbocycles. The van der Waals surface area contributed by atoms with Crippen molar-refractivity contribution >= 4 is 12.1 Å². The van der Waals surface area contributed by atoms with Crippen molar-refractivity contribution in [2.45, 2.75) is 45.6 Å². The number of rotatable bonds is 3. The van der Waals surface area contributed by atoms with Gasteiger partial charge in [-0.1, -0.05) is 6.42 Å². The number of nitrogens with two attached hydrogens (primary N) is 1. The number of carbonyl (C=O) groups is 1. The Morgan fingerprint density at radius 3 is 2.17 bits per heavy atom. The van der Waals surface area contributed by atoms with Crippen LogP contribution in [0.2, 0.25) is 0 Å². The molecule has 0 atom stereocenters. The molecule has 0 bridgehead atoms. The first-order valence-corrected chi connectivity index (χ1v) is 9.10. The summed E-state index contributed by atoms with van der Waals surface area (Å²) >= 11 is 0. The van der Waals surface area contributed by atoms with Crippen LogP contribution in [0.1, 0.15) is 40.0 Å². The van der Waals surface area contributed by atoms with Gasteiger partial charge in [0.2, 0.25) is 0 Å². The number of hydrogen-bond acceptors (Lipinski definition) is 4. The molecule has 2 aliphatic heterocycles. The van der Waals surface area contributed by atoms with Gasteiger partial charge in [-0.05, 0) is 46.7 Å². The lowest BCUT2D eigenvalue weighted by Crippen LogP contribution is -2.53. The summed E-state index contributed by atoms with van der Waals surface area (Å²) in [4.78, 5) is 22.8. The second kappa shape index (κ2) is 8.55. The smallest absolute Gasteiger partial charge is 0.410 e. The Hall–Kier alpha value is -1.50. The van der Waals surface area contributed by atoms with Gasteiger partial charge in [-0.15, -0.1) is 0 Å². The Bertz CT molecular complexity index is 433. The van der Waals surface area contributed by atoms with E-state index in [-0.39, 0.29) is 6.09 Å². The molecule has 0 aromatic heterocycles. The molecule has 7 heteroatoms. The van der Waals surface area contributed by atoms with Crippen LogP contribution < -0.4 is 5.73 Å². The minimum absolute atomic E-state index is 0.247. The van der Waals surface area contributed by atoms with E-state index in [0.717, 1.165) is 13.1 Å². The number of nitrogens with zero attached hydrogens (tertiary/aromatic N) is 4. The molecule has 0 aromatic rings. The zero-order valence-corrected chi connectivity index (χ0v) is 15.5. The SMILES string of the molecule is CC(C)(C)OC(=O)N1CCN(C(N)=NCCN2CCCCC2)CC1. The fourth-order valence-corrected chi connectivity index (χ4v) is 3.03. The molecule has 24 heavy (non-hydrogen) atoms. The van der Waals surface area contributed by atoms with Gasteiger partial charge in [0.1, 0.15) is 5.60 Å². The van der Waals surface area contributed by atoms with Gasteiger partial charge >= 0.3 is 6.09 Å². The first-order chi connectivity index (χ1) is 11.3. The molecule has 2 fully saturated rings. The van der Waals surface area contributed by atoms with Crippen LogP contribution in [-0.2, 0) is 4.74 Å². The van der Waals surface area contributed by atoms with Gasteiger partial charge in [-0.3, -0.25) is 4.99 Å². The molecular formula is C17H33N5O2. The molecule has 0 unspecified atom stereocenters. The van der Waals surface area contributed by atoms with Crippen LogP contribution in [0.4, 0.5) is 4.79 Å². The molecule has 2 aliphatic rings. The molecule has 0 radical (unpaired) electrons. The number of piperidine rings is 1. The Balaban J connectivity index is 1.70. The van der Waals surface area contributed by atoms with Crippen LogP contribution in [0.15, 0.2) is 4.99 Å². The number of carbonyl (C=O) groups excluding carboxylic acids is 1. The minimum atomic E-state index is -0.455. The summed E-state index contributed by atoms with van der Waals surface area (Å²) < 4.78 is 5.41. The molecule has 2 rings (SSSR count). The second-order valence-corrected chi connectivity index (χ2v) is 7.60. The number of guanidine groups is 1. The van der Waals surface area contributed by atoms with Gasteiger partial charge < -0.3 is 25.2 Å². The van der Waals surface area contributed by atoms with Crippen LogP contribution in [0.25, 0.3) is 0 Å². The van der Waals surface area contributed by atoms with Crippen LogP contribution in [-0.4, -0.2) is 84.7 Å². The van der Waals surface area contributed by atoms with Crippen molar-refractivity contribution in [2.24, 2.45) is 10.7 Å². The topological polar surface area (TPSA) is 74.4 Å². The van der Waals surface area contributed by atoms with Crippen molar-refractivity contribution in [3.05, 3.63) is 0 Å². The highest BCUT2D eigenvalue weighted by atomic mass is 16.6. The van der Waals surface area contributed by atoms with Crippen molar-refractivity contribution in [2.75, 3.05) is 52.4 Å². The number of amides is 1. The lowest BCUT2D eigenvalue weighted by molar-refractivity contribution is 0.0186. The van der Waals surface area contributed by atoms with Crippen molar-refractivity contribution in [1.82, 2.24) is 14.7 Å². The summed E-state index contributed by atoms with van der Waals surface area (Å²) in [5.74, 6) is 0.593. The normalized spacial score (nSPS) is 21.0. The Kier molecular flexibility index (Phi) is 6.71. The van der Waals surface area contributed by atoms with Crippen LogP contribution in [0.3, 0.4) is 0 Å². The lowest BCUT2D eigenvalue weighted by Gasteiger charge is -2.36. The fraction of sp³-hybridized carbons (Fsp3) is 0.882. The van der Waals surface area contributed by atoms with Gasteiger partial charge in [0.05, 0.1) is 6.54 Å². The standard InChI is InChI=1S/C17H33N5O2/c1-17(2,3)24-16(23)22-13-11-21(12-14-22)15(18)19-7-10-20-8-5-4-6-9-20/h4-14H2,1-3H3,(H2,18,19). The summed E-state index contributed by atoms with van der Waals surface area (Å²) in [6, 6.07) is 0. The maximum atomic E-state index is 12.1. The second-order valence-electron chi connectivity index (χ2n) is 7.60. The molecule has 138 valence electrons. The predicted molar refractivity (Wildman–Crippen MR) is 96.2 cm³/mol. The van der Waals surface area contributed by atoms with E-state index in [4.69, 9.17) is 10.5 Å². The van der Waals surface area contributed by atoms with E-state index in [1.165, 1.54) is 32.4 Å². The highest BCUT2D eigenvalue weighted by Gasteiger charge is 2.26. The highest BCUT2D eigenvalue weighted by molar-refractivity contribution is 5.78. The zero-order chi connectivity index (χ0) is 17.6. The van der Waals surface area contributed by atoms with Gasteiger partial charge in [-0.2, -0.15) is 0 Å². The first-order valence-electron chi connectivity index (χ1n) is 9.10. The Morgan fingerprint density at radius 1 is 1.00 bits per heavy atom. The molecule has 2 saturated heterocycles. The van der Waals surface area contributed by atoms with E-state index in [2.05, 4.69) is 14.8 Å². The third-order valence-electron chi connectivity index (χ3n) is 4.39. The number of aliphatic imine (C=N–C) groups is 1. The largest absolute Gasteiger partial charge is 0.444 e. The van der Waals surface area contributed by atoms with Crippen molar-refractivity contribution < 1.29 is 9.53 Å². The summed E-state index contributed by atoms with van der Waals surface area (Å²) in [6.45, 7) is 12.4. The van der Waals surface area contributed by atoms with E-state index in [1.54, 1.807) is 4.90 Å². The van der Waals surface area contributed by atoms with Crippen molar-refractivity contribution in [3.8, 4) is 0 Å². The summed E-state index contributed by atoms with van der Waals surface area (Å²) in [5.41, 5.74) is 5.65. The van der Waals surface area contributed by atoms with E-state index >= 15 is 0 Å². The third-order valence-corrected chi connectivity index (χ3v) is 4.39. The van der Waals surface area contributed by atoms with Crippen LogP contribution >= 0.6 is 0 Å². The van der Waals surface area contributed by atoms with E-state index in [1.807, 2.05) is 20.8 Å². The van der Waals surface area contributed by atoms with Gasteiger partial charge in [0, 0.05) is 32.7 Å². The fourth-order valence-electron chi connectivity index (χ4n) is 3.03. The molecule has 2 heterocycles. The van der Waals surface area contributed by atoms with Gasteiger partial charge in [0.25, 0.3) is 0 Å². The quantitative estimate of drug-likeness (QED) is 0.620. The minimum Gasteiger partial charge on any atom is -0.444 e. The average molecular weight is 339 g/mol. The molecule has 1 amide bonds. The first kappa shape index (κ1) is 18.8. The highest BCUT2D eigenvalue weighted by Crippen LogP contribution is 2.12. The predicted octanol–water partition coefficient (Wildman–Crippen LogP) is 1.34. The average Bonchev–Trinajstić information content (AvgIpc) is 2.54. The molecule has 0 aromatic carbocycles. The van der Waals surface area contributed by atoms with E-state index in [0.29, 0.717) is 32.1 Å². The monoisotopic (exact) mass is 339 g/mol. The molecule has 2 N–H and O–H groups in total. The summed E-state index contributed by atoms with van der Waals surface area (Å²) in [5, 5.41) is 0. The van der Waals surface area contributed by atoms with Gasteiger partial charge in [-0.25, -0.2) is 4.79 Å². The van der Waals surface area contributed by atoms with Crippen molar-refractivity contribution in [3.63, 3.8) is 0 Å². The van der Waals surface area contributed by atoms with E-state index in [9.17, 15) is 4.79 Å². The van der Waals surface area contributed by atoms with Crippen LogP contribution in [0, 0.1) is 0 Å². The maximum absolute atomic E-state index is 12.1. The number of ether oxygens (including phenoxy) is 1. The summed E-state index contributed by atoms with van der Waals surface area (Å²) in [7, 11) is 0. The number of hydrogen-bond donors (Lipinski definition) is 1. The Labute approximate surface area is 145 Å². The summed E-state index contributed by atoms with van der Waals surface area (Å²) in [6.07, 6.45) is 3.70. The Morgan fingerprint density at radius 2 is 1.58 bits per heavy atom. The van der Waals surface area contributed by atoms with E-state index < -0.39 is 5.60 Å². The molecule has 7 nitrogen and oxygen atoms in total. The zero-order valence-electron chi connectivity index (χ0n) is 15.5. The maximum Gasteiger partial charge on any atom is 0.410 e. The molecule has 0 aliphatic carbocycles. The number of likely N-dealkylation sites (tertiary alicyclic amines) is 1. The van der Waals surface area contributed by atoms with Crippen LogP contribution in [0.5, 0.6) is 0 Å². The lowest BCUT2D eigenvalue weighted by atomic mass is 10.1. The number of piperazine rings is 1. The van der Waals surface area contributed by atoms with Gasteiger partial charge in [0.15, 0.2) is 5.96 Å². The molecular weight excluding hydrogens is 306 g/mol. The third kappa shape index (κ3) is 6.19. The van der Waals surface area contributed by atoms with Crippen molar-refractivity contribution in [1.29, 1.82) is 0 Å². The molecule has 0 spiro atoms.